The van der Waals surface area contributed by atoms with Gasteiger partial charge in [-0.1, -0.05) is 24.3 Å². The minimum Gasteiger partial charge on any atom is -0.307 e. The molecular formula is C20H15N3OS. The fourth-order valence-corrected chi connectivity index (χ4v) is 3.51. The first-order valence-corrected chi connectivity index (χ1v) is 8.71. The molecule has 4 rings (SSSR count). The van der Waals surface area contributed by atoms with Gasteiger partial charge in [0.1, 0.15) is 5.82 Å². The predicted octanol–water partition coefficient (Wildman–Crippen LogP) is 4.92. The first kappa shape index (κ1) is 15.5. The molecule has 0 aliphatic carbocycles. The van der Waals surface area contributed by atoms with Crippen LogP contribution in [0.1, 0.15) is 15.2 Å². The molecular weight excluding hydrogens is 330 g/mol. The molecule has 0 bridgehead atoms. The molecule has 122 valence electrons. The van der Waals surface area contributed by atoms with E-state index >= 15 is 0 Å². The lowest BCUT2D eigenvalue weighted by atomic mass is 10.1. The second-order valence-corrected chi connectivity index (χ2v) is 6.94. The standard InChI is InChI=1S/C20H15N3OS/c1-13-9-10-18(25-13)17-12-15(14-6-2-3-7-16(14)22-17)20(24)23-19-8-4-5-11-21-19/h2-12H,1H3,(H,21,23,24). The van der Waals surface area contributed by atoms with Crippen molar-refractivity contribution in [3.05, 3.63) is 77.3 Å². The number of benzene rings is 1. The van der Waals surface area contributed by atoms with Gasteiger partial charge in [0.15, 0.2) is 0 Å². The molecule has 4 aromatic rings. The highest BCUT2D eigenvalue weighted by Crippen LogP contribution is 2.30. The molecule has 3 aromatic heterocycles. The summed E-state index contributed by atoms with van der Waals surface area (Å²) in [5.41, 5.74) is 2.21. The summed E-state index contributed by atoms with van der Waals surface area (Å²) in [4.78, 5) is 24.0. The van der Waals surface area contributed by atoms with Gasteiger partial charge >= 0.3 is 0 Å². The summed E-state index contributed by atoms with van der Waals surface area (Å²) in [6.07, 6.45) is 1.65. The van der Waals surface area contributed by atoms with E-state index in [1.54, 1.807) is 23.6 Å². The van der Waals surface area contributed by atoms with Gasteiger partial charge in [0.2, 0.25) is 0 Å². The monoisotopic (exact) mass is 345 g/mol. The molecule has 4 nitrogen and oxygen atoms in total. The number of aromatic nitrogens is 2. The Labute approximate surface area is 149 Å². The first-order valence-electron chi connectivity index (χ1n) is 7.90. The van der Waals surface area contributed by atoms with Crippen LogP contribution in [0.5, 0.6) is 0 Å². The van der Waals surface area contributed by atoms with Gasteiger partial charge in [-0.25, -0.2) is 9.97 Å². The molecule has 0 saturated heterocycles. The van der Waals surface area contributed by atoms with Crippen LogP contribution in [0.2, 0.25) is 0 Å². The number of fused-ring (bicyclic) bond motifs is 1. The van der Waals surface area contributed by atoms with E-state index < -0.39 is 0 Å². The zero-order valence-corrected chi connectivity index (χ0v) is 14.4. The number of carbonyl (C=O) groups excluding carboxylic acids is 1. The van der Waals surface area contributed by atoms with Crippen molar-refractivity contribution in [2.24, 2.45) is 0 Å². The number of para-hydroxylation sites is 1. The highest BCUT2D eigenvalue weighted by atomic mass is 32.1. The summed E-state index contributed by atoms with van der Waals surface area (Å²) in [6.45, 7) is 2.06. The highest BCUT2D eigenvalue weighted by Gasteiger charge is 2.15. The van der Waals surface area contributed by atoms with E-state index in [1.165, 1.54) is 4.88 Å². The molecule has 25 heavy (non-hydrogen) atoms. The quantitative estimate of drug-likeness (QED) is 0.573. The molecule has 0 unspecified atom stereocenters. The molecule has 0 aliphatic heterocycles. The Morgan fingerprint density at radius 2 is 1.88 bits per heavy atom. The van der Waals surface area contributed by atoms with E-state index in [-0.39, 0.29) is 5.91 Å². The van der Waals surface area contributed by atoms with Gasteiger partial charge in [0.25, 0.3) is 5.91 Å². The minimum absolute atomic E-state index is 0.188. The van der Waals surface area contributed by atoms with Gasteiger partial charge in [0.05, 0.1) is 21.7 Å². The number of amides is 1. The second-order valence-electron chi connectivity index (χ2n) is 5.65. The van der Waals surface area contributed by atoms with Crippen LogP contribution in [-0.2, 0) is 0 Å². The number of hydrogen-bond donors (Lipinski definition) is 1. The summed E-state index contributed by atoms with van der Waals surface area (Å²) in [7, 11) is 0. The summed E-state index contributed by atoms with van der Waals surface area (Å²) in [6, 6.07) is 19.1. The highest BCUT2D eigenvalue weighted by molar-refractivity contribution is 7.15. The maximum Gasteiger partial charge on any atom is 0.257 e. The second kappa shape index (κ2) is 6.45. The number of nitrogens with one attached hydrogen (secondary N) is 1. The Kier molecular flexibility index (Phi) is 3.99. The molecule has 0 radical (unpaired) electrons. The van der Waals surface area contributed by atoms with Gasteiger partial charge in [-0.2, -0.15) is 0 Å². The van der Waals surface area contributed by atoms with Crippen molar-refractivity contribution in [1.29, 1.82) is 0 Å². The number of aryl methyl sites for hydroxylation is 1. The molecule has 0 atom stereocenters. The molecule has 5 heteroatoms. The normalized spacial score (nSPS) is 10.8. The Balaban J connectivity index is 1.82. The van der Waals surface area contributed by atoms with Crippen LogP contribution in [0.25, 0.3) is 21.5 Å². The maximum atomic E-state index is 12.8. The first-order chi connectivity index (χ1) is 12.2. The lowest BCUT2D eigenvalue weighted by Crippen LogP contribution is -2.13. The van der Waals surface area contributed by atoms with Crippen molar-refractivity contribution in [3.8, 4) is 10.6 Å². The average molecular weight is 345 g/mol. The van der Waals surface area contributed by atoms with Crippen molar-refractivity contribution in [2.75, 3.05) is 5.32 Å². The molecule has 0 fully saturated rings. The molecule has 0 saturated carbocycles. The van der Waals surface area contributed by atoms with Crippen molar-refractivity contribution in [3.63, 3.8) is 0 Å². The van der Waals surface area contributed by atoms with E-state index in [0.29, 0.717) is 11.4 Å². The van der Waals surface area contributed by atoms with E-state index in [1.807, 2.05) is 48.5 Å². The zero-order valence-electron chi connectivity index (χ0n) is 13.6. The lowest BCUT2D eigenvalue weighted by Gasteiger charge is -2.09. The lowest BCUT2D eigenvalue weighted by molar-refractivity contribution is 0.102. The smallest absolute Gasteiger partial charge is 0.257 e. The number of hydrogen-bond acceptors (Lipinski definition) is 4. The summed E-state index contributed by atoms with van der Waals surface area (Å²) >= 11 is 1.67. The number of anilines is 1. The Hall–Kier alpha value is -3.05. The minimum atomic E-state index is -0.188. The van der Waals surface area contributed by atoms with Gasteiger partial charge < -0.3 is 5.32 Å². The summed E-state index contributed by atoms with van der Waals surface area (Å²) in [5.74, 6) is 0.341. The SMILES string of the molecule is Cc1ccc(-c2cc(C(=O)Nc3ccccn3)c3ccccc3n2)s1. The van der Waals surface area contributed by atoms with Crippen molar-refractivity contribution in [2.45, 2.75) is 6.92 Å². The largest absolute Gasteiger partial charge is 0.307 e. The van der Waals surface area contributed by atoms with E-state index in [9.17, 15) is 4.79 Å². The van der Waals surface area contributed by atoms with Crippen LogP contribution in [-0.4, -0.2) is 15.9 Å². The molecule has 1 amide bonds. The van der Waals surface area contributed by atoms with Crippen LogP contribution in [0.3, 0.4) is 0 Å². The maximum absolute atomic E-state index is 12.8. The third-order valence-corrected chi connectivity index (χ3v) is 4.88. The van der Waals surface area contributed by atoms with Crippen molar-refractivity contribution in [1.82, 2.24) is 9.97 Å². The van der Waals surface area contributed by atoms with Gasteiger partial charge in [-0.05, 0) is 43.3 Å². The molecule has 0 aliphatic rings. The van der Waals surface area contributed by atoms with Crippen LogP contribution < -0.4 is 5.32 Å². The van der Waals surface area contributed by atoms with Gasteiger partial charge in [-0.3, -0.25) is 4.79 Å². The third-order valence-electron chi connectivity index (χ3n) is 3.86. The van der Waals surface area contributed by atoms with Crippen LogP contribution in [0.15, 0.2) is 66.9 Å². The Morgan fingerprint density at radius 3 is 2.64 bits per heavy atom. The zero-order chi connectivity index (χ0) is 17.2. The van der Waals surface area contributed by atoms with Gasteiger partial charge in [0, 0.05) is 16.5 Å². The number of rotatable bonds is 3. The predicted molar refractivity (Wildman–Crippen MR) is 102 cm³/mol. The van der Waals surface area contributed by atoms with Crippen molar-refractivity contribution < 1.29 is 4.79 Å². The Morgan fingerprint density at radius 1 is 1.04 bits per heavy atom. The average Bonchev–Trinajstić information content (AvgIpc) is 3.08. The van der Waals surface area contributed by atoms with Gasteiger partial charge in [-0.15, -0.1) is 11.3 Å². The molecule has 3 heterocycles. The number of pyridine rings is 2. The third kappa shape index (κ3) is 3.14. The number of nitrogens with zero attached hydrogens (tertiary/aromatic N) is 2. The molecule has 1 N–H and O–H groups in total. The van der Waals surface area contributed by atoms with E-state index in [2.05, 4.69) is 23.3 Å². The molecule has 0 spiro atoms. The van der Waals surface area contributed by atoms with Crippen LogP contribution >= 0.6 is 11.3 Å². The summed E-state index contributed by atoms with van der Waals surface area (Å²) in [5, 5.41) is 3.69. The molecule has 1 aromatic carbocycles. The van der Waals surface area contributed by atoms with E-state index in [4.69, 9.17) is 4.98 Å². The summed E-state index contributed by atoms with van der Waals surface area (Å²) < 4.78 is 0. The fraction of sp³-hybridized carbons (Fsp3) is 0.0500. The van der Waals surface area contributed by atoms with Crippen LogP contribution in [0.4, 0.5) is 5.82 Å². The van der Waals surface area contributed by atoms with E-state index in [0.717, 1.165) is 21.5 Å². The number of thiophene rings is 1. The Bertz CT molecular complexity index is 1060. The topological polar surface area (TPSA) is 54.9 Å². The van der Waals surface area contributed by atoms with Crippen LogP contribution in [0, 0.1) is 6.92 Å². The number of carbonyl (C=O) groups is 1. The fourth-order valence-electron chi connectivity index (χ4n) is 2.68. The van der Waals surface area contributed by atoms with Crippen molar-refractivity contribution >= 4 is 34.0 Å².